The third-order valence-corrected chi connectivity index (χ3v) is 5.71. The zero-order valence-electron chi connectivity index (χ0n) is 16.2. The fraction of sp³-hybridized carbons (Fsp3) is 0.650. The van der Waals surface area contributed by atoms with Crippen LogP contribution in [0.3, 0.4) is 0 Å². The Balaban J connectivity index is 1.23. The molecule has 7 nitrogen and oxygen atoms in total. The molecule has 1 atom stereocenters. The molecule has 1 saturated carbocycles. The van der Waals surface area contributed by atoms with E-state index in [0.717, 1.165) is 63.3 Å². The maximum absolute atomic E-state index is 12.1. The van der Waals surface area contributed by atoms with E-state index in [1.165, 1.54) is 0 Å². The third kappa shape index (κ3) is 4.58. The molecule has 1 N–H and O–H groups in total. The number of aromatic nitrogens is 3. The molecule has 0 unspecified atom stereocenters. The predicted octanol–water partition coefficient (Wildman–Crippen LogP) is 2.90. The Morgan fingerprint density at radius 2 is 2.07 bits per heavy atom. The van der Waals surface area contributed by atoms with Gasteiger partial charge in [-0.2, -0.15) is 0 Å². The minimum absolute atomic E-state index is 0.0941. The Bertz CT molecular complexity index is 771. The van der Waals surface area contributed by atoms with E-state index in [1.54, 1.807) is 6.20 Å². The highest BCUT2D eigenvalue weighted by atomic mass is 16.3. The number of aryl methyl sites for hydroxylation is 1. The smallest absolute Gasteiger partial charge is 0.273 e. The second-order valence-corrected chi connectivity index (χ2v) is 8.04. The van der Waals surface area contributed by atoms with Gasteiger partial charge in [0.2, 0.25) is 0 Å². The number of rotatable bonds is 7. The SMILES string of the molecule is Cc1ccc([C@@H](C)CCN2CCC(n3cc(C(=O)NC4CC4)nn3)CC2)o1. The van der Waals surface area contributed by atoms with Crippen molar-refractivity contribution in [2.45, 2.75) is 64.0 Å². The monoisotopic (exact) mass is 371 g/mol. The van der Waals surface area contributed by atoms with Gasteiger partial charge < -0.3 is 14.6 Å². The Kier molecular flexibility index (Phi) is 5.29. The molecule has 27 heavy (non-hydrogen) atoms. The van der Waals surface area contributed by atoms with Gasteiger partial charge in [0.1, 0.15) is 11.5 Å². The van der Waals surface area contributed by atoms with Crippen molar-refractivity contribution in [2.24, 2.45) is 0 Å². The van der Waals surface area contributed by atoms with Crippen LogP contribution < -0.4 is 5.32 Å². The molecule has 146 valence electrons. The molecule has 2 aromatic rings. The van der Waals surface area contributed by atoms with E-state index in [2.05, 4.69) is 33.5 Å². The van der Waals surface area contributed by atoms with Gasteiger partial charge in [-0.1, -0.05) is 12.1 Å². The Labute approximate surface area is 160 Å². The highest BCUT2D eigenvalue weighted by molar-refractivity contribution is 5.92. The molecule has 1 amide bonds. The molecule has 3 heterocycles. The maximum Gasteiger partial charge on any atom is 0.273 e. The molecular weight excluding hydrogens is 342 g/mol. The number of hydrogen-bond donors (Lipinski definition) is 1. The molecule has 2 aliphatic rings. The van der Waals surface area contributed by atoms with Crippen molar-refractivity contribution >= 4 is 5.91 Å². The van der Waals surface area contributed by atoms with Crippen LogP contribution in [0.15, 0.2) is 22.7 Å². The van der Waals surface area contributed by atoms with Crippen LogP contribution in [0, 0.1) is 6.92 Å². The number of piperidine rings is 1. The molecule has 1 aliphatic heterocycles. The molecule has 2 aromatic heterocycles. The Morgan fingerprint density at radius 3 is 2.74 bits per heavy atom. The van der Waals surface area contributed by atoms with Crippen molar-refractivity contribution < 1.29 is 9.21 Å². The van der Waals surface area contributed by atoms with Gasteiger partial charge in [-0.25, -0.2) is 4.68 Å². The molecular formula is C20H29N5O2. The zero-order chi connectivity index (χ0) is 18.8. The fourth-order valence-electron chi connectivity index (χ4n) is 3.69. The summed E-state index contributed by atoms with van der Waals surface area (Å²) in [5.74, 6) is 2.42. The van der Waals surface area contributed by atoms with Gasteiger partial charge in [0.25, 0.3) is 5.91 Å². The Hall–Kier alpha value is -2.15. The van der Waals surface area contributed by atoms with Crippen LogP contribution in [-0.4, -0.2) is 51.5 Å². The first-order valence-electron chi connectivity index (χ1n) is 10.1. The van der Waals surface area contributed by atoms with Gasteiger partial charge in [0.05, 0.1) is 12.2 Å². The first-order valence-corrected chi connectivity index (χ1v) is 10.1. The van der Waals surface area contributed by atoms with Crippen molar-refractivity contribution in [3.63, 3.8) is 0 Å². The largest absolute Gasteiger partial charge is 0.466 e. The number of carbonyl (C=O) groups is 1. The van der Waals surface area contributed by atoms with E-state index >= 15 is 0 Å². The lowest BCUT2D eigenvalue weighted by molar-refractivity contribution is 0.0946. The lowest BCUT2D eigenvalue weighted by atomic mass is 10.0. The summed E-state index contributed by atoms with van der Waals surface area (Å²) in [6, 6.07) is 4.81. The highest BCUT2D eigenvalue weighted by Gasteiger charge is 2.26. The first kappa shape index (κ1) is 18.2. The molecule has 0 radical (unpaired) electrons. The summed E-state index contributed by atoms with van der Waals surface area (Å²) in [5.41, 5.74) is 0.437. The van der Waals surface area contributed by atoms with E-state index in [4.69, 9.17) is 4.42 Å². The molecule has 1 aliphatic carbocycles. The van der Waals surface area contributed by atoms with Gasteiger partial charge in [-0.3, -0.25) is 4.79 Å². The van der Waals surface area contributed by atoms with E-state index in [-0.39, 0.29) is 5.91 Å². The fourth-order valence-corrected chi connectivity index (χ4v) is 3.69. The van der Waals surface area contributed by atoms with Crippen molar-refractivity contribution in [1.29, 1.82) is 0 Å². The van der Waals surface area contributed by atoms with Gasteiger partial charge >= 0.3 is 0 Å². The van der Waals surface area contributed by atoms with Crippen LogP contribution in [0.2, 0.25) is 0 Å². The summed E-state index contributed by atoms with van der Waals surface area (Å²) in [7, 11) is 0. The summed E-state index contributed by atoms with van der Waals surface area (Å²) >= 11 is 0. The lowest BCUT2D eigenvalue weighted by Crippen LogP contribution is -2.35. The molecule has 0 spiro atoms. The van der Waals surface area contributed by atoms with Crippen LogP contribution >= 0.6 is 0 Å². The zero-order valence-corrected chi connectivity index (χ0v) is 16.2. The Morgan fingerprint density at radius 1 is 1.30 bits per heavy atom. The summed E-state index contributed by atoms with van der Waals surface area (Å²) in [4.78, 5) is 14.6. The van der Waals surface area contributed by atoms with Crippen molar-refractivity contribution in [3.05, 3.63) is 35.5 Å². The van der Waals surface area contributed by atoms with Crippen LogP contribution in [-0.2, 0) is 0 Å². The average molecular weight is 371 g/mol. The van der Waals surface area contributed by atoms with Gasteiger partial charge in [-0.05, 0) is 57.7 Å². The molecule has 4 rings (SSSR count). The maximum atomic E-state index is 12.1. The summed E-state index contributed by atoms with van der Waals surface area (Å²) < 4.78 is 7.62. The highest BCUT2D eigenvalue weighted by Crippen LogP contribution is 2.25. The summed E-state index contributed by atoms with van der Waals surface area (Å²) in [5, 5.41) is 11.2. The van der Waals surface area contributed by atoms with Crippen LogP contribution in [0.5, 0.6) is 0 Å². The van der Waals surface area contributed by atoms with Crippen molar-refractivity contribution in [3.8, 4) is 0 Å². The van der Waals surface area contributed by atoms with E-state index < -0.39 is 0 Å². The molecule has 7 heteroatoms. The standard InChI is InChI=1S/C20H29N5O2/c1-14(19-6-3-15(2)27-19)7-10-24-11-8-17(9-12-24)25-13-18(22-23-25)20(26)21-16-4-5-16/h3,6,13-14,16-17H,4-5,7-12H2,1-2H3,(H,21,26)/t14-/m0/s1. The summed E-state index contributed by atoms with van der Waals surface area (Å²) in [6.45, 7) is 7.41. The van der Waals surface area contributed by atoms with Gasteiger partial charge in [-0.15, -0.1) is 5.10 Å². The number of furan rings is 1. The number of amides is 1. The minimum atomic E-state index is -0.0941. The summed E-state index contributed by atoms with van der Waals surface area (Å²) in [6.07, 6.45) is 7.15. The van der Waals surface area contributed by atoms with E-state index in [0.29, 0.717) is 23.7 Å². The first-order chi connectivity index (χ1) is 13.1. The number of likely N-dealkylation sites (tertiary alicyclic amines) is 1. The number of hydrogen-bond acceptors (Lipinski definition) is 5. The molecule has 0 aromatic carbocycles. The second-order valence-electron chi connectivity index (χ2n) is 8.04. The van der Waals surface area contributed by atoms with Crippen LogP contribution in [0.1, 0.15) is 73.0 Å². The van der Waals surface area contributed by atoms with Crippen molar-refractivity contribution in [1.82, 2.24) is 25.2 Å². The molecule has 2 fully saturated rings. The predicted molar refractivity (Wildman–Crippen MR) is 102 cm³/mol. The number of nitrogens with one attached hydrogen (secondary N) is 1. The van der Waals surface area contributed by atoms with Crippen molar-refractivity contribution in [2.75, 3.05) is 19.6 Å². The van der Waals surface area contributed by atoms with Gasteiger partial charge in [0, 0.05) is 25.0 Å². The quantitative estimate of drug-likeness (QED) is 0.810. The lowest BCUT2D eigenvalue weighted by Gasteiger charge is -2.32. The minimum Gasteiger partial charge on any atom is -0.466 e. The van der Waals surface area contributed by atoms with Gasteiger partial charge in [0.15, 0.2) is 5.69 Å². The average Bonchev–Trinajstić information content (AvgIpc) is 3.17. The van der Waals surface area contributed by atoms with Crippen LogP contribution in [0.25, 0.3) is 0 Å². The number of carbonyl (C=O) groups excluding carboxylic acids is 1. The third-order valence-electron chi connectivity index (χ3n) is 5.71. The number of nitrogens with zero attached hydrogens (tertiary/aromatic N) is 4. The van der Waals surface area contributed by atoms with E-state index in [1.807, 2.05) is 17.7 Å². The molecule has 0 bridgehead atoms. The normalized spacial score (nSPS) is 19.9. The van der Waals surface area contributed by atoms with Crippen LogP contribution in [0.4, 0.5) is 0 Å². The molecule has 1 saturated heterocycles. The second kappa shape index (κ2) is 7.84. The van der Waals surface area contributed by atoms with E-state index in [9.17, 15) is 4.79 Å². The topological polar surface area (TPSA) is 76.2 Å².